The van der Waals surface area contributed by atoms with Crippen molar-refractivity contribution in [1.29, 1.82) is 0 Å². The lowest BCUT2D eigenvalue weighted by Gasteiger charge is -2.15. The van der Waals surface area contributed by atoms with Gasteiger partial charge in [0, 0.05) is 25.6 Å². The lowest BCUT2D eigenvalue weighted by molar-refractivity contribution is -0.127. The first kappa shape index (κ1) is 16.3. The van der Waals surface area contributed by atoms with Crippen LogP contribution >= 0.6 is 0 Å². The molecule has 1 atom stereocenters. The van der Waals surface area contributed by atoms with Gasteiger partial charge in [-0.05, 0) is 27.2 Å². The van der Waals surface area contributed by atoms with E-state index in [1.54, 1.807) is 9.58 Å². The van der Waals surface area contributed by atoms with Gasteiger partial charge >= 0.3 is 6.03 Å². The van der Waals surface area contributed by atoms with Crippen LogP contribution in [0.25, 0.3) is 0 Å². The molecule has 0 radical (unpaired) electrons. The summed E-state index contributed by atoms with van der Waals surface area (Å²) in [6, 6.07) is -0.356. The van der Waals surface area contributed by atoms with E-state index < -0.39 is 0 Å². The number of anilines is 1. The Kier molecular flexibility index (Phi) is 4.99. The van der Waals surface area contributed by atoms with Crippen LogP contribution in [-0.4, -0.2) is 50.7 Å². The topological polar surface area (TPSA) is 92.2 Å². The fourth-order valence-corrected chi connectivity index (χ4v) is 2.62. The average Bonchev–Trinajstić information content (AvgIpc) is 2.93. The number of urea groups is 1. The molecule has 1 saturated heterocycles. The number of rotatable bonds is 5. The first-order valence-electron chi connectivity index (χ1n) is 7.69. The zero-order valence-electron chi connectivity index (χ0n) is 13.6. The number of hydrogen-bond acceptors (Lipinski definition) is 4. The molecular weight excluding hydrogens is 284 g/mol. The predicted octanol–water partition coefficient (Wildman–Crippen LogP) is 1.30. The second-order valence-corrected chi connectivity index (χ2v) is 5.86. The Bertz CT molecular complexity index is 554. The summed E-state index contributed by atoms with van der Waals surface area (Å²) in [5.74, 6) is 1.11. The van der Waals surface area contributed by atoms with Crippen molar-refractivity contribution in [3.05, 3.63) is 5.82 Å². The smallest absolute Gasteiger partial charge is 0.321 e. The Morgan fingerprint density at radius 1 is 1.45 bits per heavy atom. The Morgan fingerprint density at radius 3 is 2.77 bits per heavy atom. The highest BCUT2D eigenvalue weighted by Gasteiger charge is 2.30. The van der Waals surface area contributed by atoms with Crippen molar-refractivity contribution in [3.8, 4) is 0 Å². The minimum atomic E-state index is -0.378. The summed E-state index contributed by atoms with van der Waals surface area (Å²) in [6.45, 7) is 9.16. The van der Waals surface area contributed by atoms with Gasteiger partial charge in [0.2, 0.25) is 11.9 Å². The van der Waals surface area contributed by atoms with Crippen molar-refractivity contribution in [2.45, 2.75) is 52.6 Å². The molecule has 22 heavy (non-hydrogen) atoms. The molecule has 0 spiro atoms. The van der Waals surface area contributed by atoms with E-state index in [4.69, 9.17) is 0 Å². The van der Waals surface area contributed by atoms with E-state index in [0.717, 1.165) is 18.8 Å². The number of amides is 3. The zero-order valence-corrected chi connectivity index (χ0v) is 13.6. The summed E-state index contributed by atoms with van der Waals surface area (Å²) >= 11 is 0. The second kappa shape index (κ2) is 6.76. The highest BCUT2D eigenvalue weighted by molar-refractivity contribution is 5.88. The summed E-state index contributed by atoms with van der Waals surface area (Å²) < 4.78 is 1.75. The largest absolute Gasteiger partial charge is 0.341 e. The summed E-state index contributed by atoms with van der Waals surface area (Å²) in [4.78, 5) is 29.7. The number of hydrogen-bond donors (Lipinski definition) is 2. The fourth-order valence-electron chi connectivity index (χ4n) is 2.62. The minimum Gasteiger partial charge on any atom is -0.341 e. The highest BCUT2D eigenvalue weighted by Crippen LogP contribution is 2.12. The maximum absolute atomic E-state index is 12.0. The van der Waals surface area contributed by atoms with Gasteiger partial charge in [-0.25, -0.2) is 9.48 Å². The number of carbonyl (C=O) groups excluding carboxylic acids is 2. The summed E-state index contributed by atoms with van der Waals surface area (Å²) in [5.41, 5.74) is 0. The summed E-state index contributed by atoms with van der Waals surface area (Å²) in [5, 5.41) is 9.67. The molecule has 1 fully saturated rings. The van der Waals surface area contributed by atoms with E-state index in [-0.39, 0.29) is 30.0 Å². The molecule has 2 N–H and O–H groups in total. The van der Waals surface area contributed by atoms with Crippen molar-refractivity contribution in [2.24, 2.45) is 0 Å². The van der Waals surface area contributed by atoms with Crippen LogP contribution in [0.3, 0.4) is 0 Å². The van der Waals surface area contributed by atoms with Crippen LogP contribution in [0.5, 0.6) is 0 Å². The van der Waals surface area contributed by atoms with Crippen LogP contribution in [0, 0.1) is 6.92 Å². The van der Waals surface area contributed by atoms with Crippen LogP contribution in [0.1, 0.15) is 45.5 Å². The molecule has 0 aliphatic carbocycles. The molecule has 1 aromatic heterocycles. The van der Waals surface area contributed by atoms with E-state index in [1.807, 2.05) is 27.7 Å². The normalized spacial score (nSPS) is 18.1. The molecule has 1 unspecified atom stereocenters. The standard InChI is InChI=1S/C14H24N6O2/c1-5-6-19-8-11(7-12(19)21)16-14(22)17-13-15-10(4)20(18-13)9(2)3/h9,11H,5-8H2,1-4H3,(H2,16,17,18,22). The number of aromatic nitrogens is 3. The van der Waals surface area contributed by atoms with E-state index in [2.05, 4.69) is 20.7 Å². The van der Waals surface area contributed by atoms with Crippen molar-refractivity contribution >= 4 is 17.9 Å². The molecule has 2 heterocycles. The third-order valence-electron chi connectivity index (χ3n) is 3.56. The molecule has 1 aliphatic rings. The van der Waals surface area contributed by atoms with Crippen LogP contribution in [0.15, 0.2) is 0 Å². The summed E-state index contributed by atoms with van der Waals surface area (Å²) in [7, 11) is 0. The van der Waals surface area contributed by atoms with Crippen molar-refractivity contribution < 1.29 is 9.59 Å². The summed E-state index contributed by atoms with van der Waals surface area (Å²) in [6.07, 6.45) is 1.26. The number of aryl methyl sites for hydroxylation is 1. The first-order chi connectivity index (χ1) is 10.4. The lowest BCUT2D eigenvalue weighted by atomic mass is 10.3. The Morgan fingerprint density at radius 2 is 2.18 bits per heavy atom. The average molecular weight is 308 g/mol. The molecule has 122 valence electrons. The molecule has 1 aliphatic heterocycles. The predicted molar refractivity (Wildman–Crippen MR) is 82.6 cm³/mol. The van der Waals surface area contributed by atoms with Gasteiger partial charge in [0.05, 0.1) is 6.04 Å². The maximum atomic E-state index is 12.0. The SMILES string of the molecule is CCCN1CC(NC(=O)Nc2nc(C)n(C(C)C)n2)CC1=O. The Hall–Kier alpha value is -2.12. The maximum Gasteiger partial charge on any atom is 0.321 e. The first-order valence-corrected chi connectivity index (χ1v) is 7.69. The molecule has 0 bridgehead atoms. The third kappa shape index (κ3) is 3.75. The van der Waals surface area contributed by atoms with Gasteiger partial charge in [-0.3, -0.25) is 10.1 Å². The zero-order chi connectivity index (χ0) is 16.3. The van der Waals surface area contributed by atoms with E-state index in [9.17, 15) is 9.59 Å². The molecular formula is C14H24N6O2. The quantitative estimate of drug-likeness (QED) is 0.857. The lowest BCUT2D eigenvalue weighted by Crippen LogP contribution is -2.40. The highest BCUT2D eigenvalue weighted by atomic mass is 16.2. The molecule has 8 heteroatoms. The third-order valence-corrected chi connectivity index (χ3v) is 3.56. The van der Waals surface area contributed by atoms with Gasteiger partial charge in [-0.15, -0.1) is 5.10 Å². The van der Waals surface area contributed by atoms with Gasteiger partial charge in [-0.2, -0.15) is 4.98 Å². The molecule has 0 saturated carbocycles. The van der Waals surface area contributed by atoms with Crippen LogP contribution in [0.4, 0.5) is 10.7 Å². The van der Waals surface area contributed by atoms with Crippen LogP contribution in [0.2, 0.25) is 0 Å². The molecule has 1 aromatic rings. The van der Waals surface area contributed by atoms with Crippen molar-refractivity contribution in [2.75, 3.05) is 18.4 Å². The molecule has 0 aromatic carbocycles. The van der Waals surface area contributed by atoms with Gasteiger partial charge in [0.15, 0.2) is 0 Å². The van der Waals surface area contributed by atoms with Crippen LogP contribution < -0.4 is 10.6 Å². The van der Waals surface area contributed by atoms with E-state index in [0.29, 0.717) is 13.0 Å². The van der Waals surface area contributed by atoms with Gasteiger partial charge in [0.25, 0.3) is 0 Å². The molecule has 8 nitrogen and oxygen atoms in total. The number of nitrogens with one attached hydrogen (secondary N) is 2. The van der Waals surface area contributed by atoms with E-state index >= 15 is 0 Å². The second-order valence-electron chi connectivity index (χ2n) is 5.86. The Labute approximate surface area is 130 Å². The van der Waals surface area contributed by atoms with Gasteiger partial charge in [0.1, 0.15) is 5.82 Å². The minimum absolute atomic E-state index is 0.0882. The Balaban J connectivity index is 1.88. The van der Waals surface area contributed by atoms with E-state index in [1.165, 1.54) is 0 Å². The molecule has 2 rings (SSSR count). The number of nitrogens with zero attached hydrogens (tertiary/aromatic N) is 4. The van der Waals surface area contributed by atoms with Gasteiger partial charge in [-0.1, -0.05) is 6.92 Å². The fraction of sp³-hybridized carbons (Fsp3) is 0.714. The monoisotopic (exact) mass is 308 g/mol. The van der Waals surface area contributed by atoms with Gasteiger partial charge < -0.3 is 10.2 Å². The molecule has 3 amide bonds. The van der Waals surface area contributed by atoms with Crippen molar-refractivity contribution in [3.63, 3.8) is 0 Å². The van der Waals surface area contributed by atoms with Crippen LogP contribution in [-0.2, 0) is 4.79 Å². The van der Waals surface area contributed by atoms with Crippen molar-refractivity contribution in [1.82, 2.24) is 25.0 Å². The number of likely N-dealkylation sites (tertiary alicyclic amines) is 1. The number of carbonyl (C=O) groups is 2.